The molecule has 0 aliphatic heterocycles. The summed E-state index contributed by atoms with van der Waals surface area (Å²) in [7, 11) is 0. The smallest absolute Gasteiger partial charge is 0.408 e. The highest BCUT2D eigenvalue weighted by molar-refractivity contribution is 7.98. The van der Waals surface area contributed by atoms with Crippen LogP contribution in [0, 0.1) is 6.92 Å². The van der Waals surface area contributed by atoms with Crippen molar-refractivity contribution in [2.24, 2.45) is 0 Å². The third kappa shape index (κ3) is 7.90. The minimum absolute atomic E-state index is 0.0674. The summed E-state index contributed by atoms with van der Waals surface area (Å²) in [6, 6.07) is 11.8. The van der Waals surface area contributed by atoms with Gasteiger partial charge in [0.15, 0.2) is 0 Å². The number of para-hydroxylation sites is 1. The van der Waals surface area contributed by atoms with E-state index in [1.165, 1.54) is 12.1 Å². The number of benzene rings is 2. The molecular weight excluding hydrogens is 502 g/mol. The van der Waals surface area contributed by atoms with Crippen LogP contribution in [-0.4, -0.2) is 57.6 Å². The topological polar surface area (TPSA) is 108 Å². The van der Waals surface area contributed by atoms with Crippen LogP contribution in [0.2, 0.25) is 0 Å². The van der Waals surface area contributed by atoms with Gasteiger partial charge in [-0.2, -0.15) is 11.8 Å². The second-order valence-corrected chi connectivity index (χ2v) is 11.6. The minimum atomic E-state index is -0.953. The molecule has 0 saturated heterocycles. The molecule has 1 fully saturated rings. The maximum absolute atomic E-state index is 14.2. The van der Waals surface area contributed by atoms with Gasteiger partial charge in [-0.3, -0.25) is 9.59 Å². The summed E-state index contributed by atoms with van der Waals surface area (Å²) in [6.45, 7) is 7.21. The van der Waals surface area contributed by atoms with Gasteiger partial charge >= 0.3 is 6.09 Å². The van der Waals surface area contributed by atoms with Crippen LogP contribution in [0.3, 0.4) is 0 Å². The van der Waals surface area contributed by atoms with Gasteiger partial charge < -0.3 is 25.4 Å². The standard InChI is InChI=1S/C29H39N3O5S/c1-19-9-6-7-12-23(19)30-26(34)25(20-13-15-22(33)16-14-20)32(21-10-8-11-21)27(35)24(17-18-38-5)31-28(36)37-29(2,3)4/h6-7,9,12-16,21,24-25,33H,8,10-11,17-18H2,1-5H3,(H,30,34)(H,31,36). The summed E-state index contributed by atoms with van der Waals surface area (Å²) in [5.74, 6) is 0.0285. The third-order valence-electron chi connectivity index (χ3n) is 6.46. The average Bonchev–Trinajstić information content (AvgIpc) is 2.81. The molecule has 2 aromatic carbocycles. The van der Waals surface area contributed by atoms with Crippen LogP contribution in [-0.2, 0) is 14.3 Å². The number of alkyl carbamates (subject to hydrolysis) is 1. The van der Waals surface area contributed by atoms with E-state index in [2.05, 4.69) is 10.6 Å². The van der Waals surface area contributed by atoms with E-state index in [0.29, 0.717) is 23.4 Å². The zero-order valence-electron chi connectivity index (χ0n) is 22.8. The van der Waals surface area contributed by atoms with Crippen LogP contribution in [0.25, 0.3) is 0 Å². The summed E-state index contributed by atoms with van der Waals surface area (Å²) in [6.07, 6.45) is 4.14. The molecule has 0 aromatic heterocycles. The molecule has 2 unspecified atom stereocenters. The molecule has 3 N–H and O–H groups in total. The van der Waals surface area contributed by atoms with Crippen LogP contribution in [0.4, 0.5) is 10.5 Å². The maximum atomic E-state index is 14.2. The number of phenols is 1. The second-order valence-electron chi connectivity index (χ2n) is 10.6. The molecule has 0 radical (unpaired) electrons. The predicted octanol–water partition coefficient (Wildman–Crippen LogP) is 5.41. The number of amides is 3. The van der Waals surface area contributed by atoms with Crippen LogP contribution in [0.15, 0.2) is 48.5 Å². The molecule has 8 nitrogen and oxygen atoms in total. The Kier molecular flexibility index (Phi) is 10.1. The number of nitrogens with zero attached hydrogens (tertiary/aromatic N) is 1. The maximum Gasteiger partial charge on any atom is 0.408 e. The van der Waals surface area contributed by atoms with Crippen LogP contribution >= 0.6 is 11.8 Å². The van der Waals surface area contributed by atoms with Crippen LogP contribution < -0.4 is 10.6 Å². The van der Waals surface area contributed by atoms with E-state index in [4.69, 9.17) is 4.74 Å². The van der Waals surface area contributed by atoms with Crippen molar-refractivity contribution in [2.75, 3.05) is 17.3 Å². The summed E-state index contributed by atoms with van der Waals surface area (Å²) >= 11 is 1.57. The Morgan fingerprint density at radius 1 is 1.11 bits per heavy atom. The second kappa shape index (κ2) is 13.0. The van der Waals surface area contributed by atoms with Gasteiger partial charge in [-0.1, -0.05) is 30.3 Å². The molecule has 0 bridgehead atoms. The van der Waals surface area contributed by atoms with Gasteiger partial charge in [0.1, 0.15) is 23.4 Å². The number of aromatic hydroxyl groups is 1. The molecule has 1 saturated carbocycles. The molecule has 2 atom stereocenters. The van der Waals surface area contributed by atoms with Crippen molar-refractivity contribution in [3.8, 4) is 5.75 Å². The first-order valence-corrected chi connectivity index (χ1v) is 14.4. The Labute approximate surface area is 229 Å². The Bertz CT molecular complexity index is 1110. The van der Waals surface area contributed by atoms with Crippen molar-refractivity contribution in [3.05, 3.63) is 59.7 Å². The highest BCUT2D eigenvalue weighted by atomic mass is 32.2. The zero-order valence-corrected chi connectivity index (χ0v) is 23.6. The number of phenolic OH excluding ortho intramolecular Hbond substituents is 1. The number of anilines is 1. The number of nitrogens with one attached hydrogen (secondary N) is 2. The summed E-state index contributed by atoms with van der Waals surface area (Å²) in [5, 5.41) is 15.7. The van der Waals surface area contributed by atoms with E-state index in [0.717, 1.165) is 24.8 Å². The average molecular weight is 542 g/mol. The van der Waals surface area contributed by atoms with Crippen molar-refractivity contribution < 1.29 is 24.2 Å². The SMILES string of the molecule is CSCCC(NC(=O)OC(C)(C)C)C(=O)N(C1CCC1)C(C(=O)Nc1ccccc1C)c1ccc(O)cc1. The third-order valence-corrected chi connectivity index (χ3v) is 7.10. The fraction of sp³-hybridized carbons (Fsp3) is 0.483. The Balaban J connectivity index is 2.00. The lowest BCUT2D eigenvalue weighted by Gasteiger charge is -2.43. The summed E-state index contributed by atoms with van der Waals surface area (Å²) < 4.78 is 5.44. The molecule has 2 aromatic rings. The predicted molar refractivity (Wildman–Crippen MR) is 151 cm³/mol. The molecule has 1 aliphatic carbocycles. The van der Waals surface area contributed by atoms with E-state index in [9.17, 15) is 19.5 Å². The highest BCUT2D eigenvalue weighted by Crippen LogP contribution is 2.35. The van der Waals surface area contributed by atoms with Crippen LogP contribution in [0.1, 0.15) is 63.6 Å². The van der Waals surface area contributed by atoms with Gasteiger partial charge in [0.05, 0.1) is 0 Å². The van der Waals surface area contributed by atoms with Crippen molar-refractivity contribution in [3.63, 3.8) is 0 Å². The lowest BCUT2D eigenvalue weighted by Crippen LogP contribution is -2.57. The van der Waals surface area contributed by atoms with E-state index in [1.807, 2.05) is 37.4 Å². The normalized spacial score (nSPS) is 15.1. The van der Waals surface area contributed by atoms with E-state index in [-0.39, 0.29) is 23.6 Å². The van der Waals surface area contributed by atoms with Gasteiger partial charge in [0.25, 0.3) is 5.91 Å². The fourth-order valence-electron chi connectivity index (χ4n) is 4.31. The molecule has 38 heavy (non-hydrogen) atoms. The summed E-state index contributed by atoms with van der Waals surface area (Å²) in [4.78, 5) is 42.4. The number of aryl methyl sites for hydroxylation is 1. The van der Waals surface area contributed by atoms with Gasteiger partial charge in [-0.25, -0.2) is 4.79 Å². The molecule has 9 heteroatoms. The monoisotopic (exact) mass is 541 g/mol. The van der Waals surface area contributed by atoms with Gasteiger partial charge in [0, 0.05) is 11.7 Å². The first-order valence-electron chi connectivity index (χ1n) is 13.0. The number of hydrogen-bond donors (Lipinski definition) is 3. The number of thioether (sulfide) groups is 1. The number of hydrogen-bond acceptors (Lipinski definition) is 6. The lowest BCUT2D eigenvalue weighted by atomic mass is 9.88. The van der Waals surface area contributed by atoms with Crippen molar-refractivity contribution >= 4 is 35.4 Å². The Morgan fingerprint density at radius 2 is 1.76 bits per heavy atom. The number of carbonyl (C=O) groups excluding carboxylic acids is 3. The Morgan fingerprint density at radius 3 is 2.32 bits per heavy atom. The Hall–Kier alpha value is -3.20. The molecule has 0 heterocycles. The number of rotatable bonds is 10. The van der Waals surface area contributed by atoms with Gasteiger partial charge in [0.2, 0.25) is 5.91 Å². The first-order chi connectivity index (χ1) is 18.0. The van der Waals surface area contributed by atoms with Crippen LogP contribution in [0.5, 0.6) is 5.75 Å². The minimum Gasteiger partial charge on any atom is -0.508 e. The van der Waals surface area contributed by atoms with Gasteiger partial charge in [-0.05, 0) is 94.7 Å². The van der Waals surface area contributed by atoms with E-state index >= 15 is 0 Å². The molecular formula is C29H39N3O5S. The molecule has 3 amide bonds. The zero-order chi connectivity index (χ0) is 27.9. The number of ether oxygens (including phenoxy) is 1. The van der Waals surface area contributed by atoms with Crippen molar-refractivity contribution in [1.29, 1.82) is 0 Å². The summed E-state index contributed by atoms with van der Waals surface area (Å²) in [5.41, 5.74) is 1.42. The largest absolute Gasteiger partial charge is 0.508 e. The quantitative estimate of drug-likeness (QED) is 0.371. The van der Waals surface area contributed by atoms with Gasteiger partial charge in [-0.15, -0.1) is 0 Å². The number of carbonyl (C=O) groups is 3. The van der Waals surface area contributed by atoms with Crippen molar-refractivity contribution in [1.82, 2.24) is 10.2 Å². The van der Waals surface area contributed by atoms with E-state index < -0.39 is 23.8 Å². The molecule has 206 valence electrons. The van der Waals surface area contributed by atoms with Crippen molar-refractivity contribution in [2.45, 2.75) is 77.1 Å². The molecule has 1 aliphatic rings. The molecule has 0 spiro atoms. The molecule has 3 rings (SSSR count). The highest BCUT2D eigenvalue weighted by Gasteiger charge is 2.42. The van der Waals surface area contributed by atoms with E-state index in [1.54, 1.807) is 49.6 Å². The lowest BCUT2D eigenvalue weighted by molar-refractivity contribution is -0.145. The first kappa shape index (κ1) is 29.4. The fourth-order valence-corrected chi connectivity index (χ4v) is 4.79.